The summed E-state index contributed by atoms with van der Waals surface area (Å²) in [7, 11) is 0. The lowest BCUT2D eigenvalue weighted by molar-refractivity contribution is 0.0804. The number of ether oxygens (including phenoxy) is 1. The zero-order valence-electron chi connectivity index (χ0n) is 7.47. The number of allylic oxidation sites excluding steroid dienone is 2. The van der Waals surface area contributed by atoms with Crippen LogP contribution in [0.4, 0.5) is 0 Å². The van der Waals surface area contributed by atoms with Crippen LogP contribution in [0.15, 0.2) is 11.8 Å². The summed E-state index contributed by atoms with van der Waals surface area (Å²) in [5.41, 5.74) is 1.07. The van der Waals surface area contributed by atoms with Crippen molar-refractivity contribution in [3.8, 4) is 0 Å². The van der Waals surface area contributed by atoms with Crippen molar-refractivity contribution in [3.63, 3.8) is 0 Å². The van der Waals surface area contributed by atoms with Crippen molar-refractivity contribution in [3.05, 3.63) is 11.8 Å². The zero-order chi connectivity index (χ0) is 8.81. The van der Waals surface area contributed by atoms with Gasteiger partial charge in [-0.05, 0) is 25.8 Å². The van der Waals surface area contributed by atoms with Crippen LogP contribution in [0.25, 0.3) is 0 Å². The first-order valence-electron chi connectivity index (χ1n) is 4.34. The highest BCUT2D eigenvalue weighted by molar-refractivity contribution is 5.68. The van der Waals surface area contributed by atoms with Crippen LogP contribution in [0.5, 0.6) is 0 Å². The molecule has 68 valence electrons. The molecule has 2 N–H and O–H groups in total. The Morgan fingerprint density at radius 2 is 2.17 bits per heavy atom. The van der Waals surface area contributed by atoms with Crippen molar-refractivity contribution in [1.29, 1.82) is 5.41 Å². The summed E-state index contributed by atoms with van der Waals surface area (Å²) in [6.07, 6.45) is 5.23. The Morgan fingerprint density at radius 1 is 1.50 bits per heavy atom. The second-order valence-electron chi connectivity index (χ2n) is 3.05. The third-order valence-electron chi connectivity index (χ3n) is 1.99. The molecule has 0 saturated carbocycles. The minimum absolute atomic E-state index is 0.537. The average Bonchev–Trinajstić information content (AvgIpc) is 2.06. The number of nitrogens with one attached hydrogen (secondary N) is 2. The maximum absolute atomic E-state index is 6.88. The number of rotatable bonds is 3. The summed E-state index contributed by atoms with van der Waals surface area (Å²) in [4.78, 5) is 0. The van der Waals surface area contributed by atoms with Crippen molar-refractivity contribution in [2.75, 3.05) is 13.2 Å². The van der Waals surface area contributed by atoms with Crippen LogP contribution in [0.2, 0.25) is 0 Å². The molecule has 0 aromatic carbocycles. The van der Waals surface area contributed by atoms with Gasteiger partial charge in [-0.1, -0.05) is 0 Å². The molecule has 1 saturated heterocycles. The summed E-state index contributed by atoms with van der Waals surface area (Å²) in [5.74, 6) is 0. The van der Waals surface area contributed by atoms with Crippen LogP contribution in [0, 0.1) is 5.41 Å². The fourth-order valence-corrected chi connectivity index (χ4v) is 1.34. The van der Waals surface area contributed by atoms with Gasteiger partial charge < -0.3 is 15.5 Å². The van der Waals surface area contributed by atoms with Crippen LogP contribution in [0.3, 0.4) is 0 Å². The van der Waals surface area contributed by atoms with E-state index >= 15 is 0 Å². The van der Waals surface area contributed by atoms with E-state index in [9.17, 15) is 0 Å². The Hall–Kier alpha value is -0.830. The number of hydrogen-bond donors (Lipinski definition) is 2. The number of hydrogen-bond acceptors (Lipinski definition) is 3. The lowest BCUT2D eigenvalue weighted by Crippen LogP contribution is -2.33. The molecule has 1 aliphatic rings. The highest BCUT2D eigenvalue weighted by Gasteiger charge is 2.12. The topological polar surface area (TPSA) is 45.1 Å². The Bertz CT molecular complexity index is 171. The molecule has 1 aliphatic heterocycles. The Labute approximate surface area is 73.3 Å². The van der Waals surface area contributed by atoms with Crippen molar-refractivity contribution >= 4 is 6.21 Å². The second-order valence-corrected chi connectivity index (χ2v) is 3.05. The quantitative estimate of drug-likeness (QED) is 0.624. The maximum Gasteiger partial charge on any atom is 0.0485 e. The molecule has 0 aromatic rings. The van der Waals surface area contributed by atoms with Crippen molar-refractivity contribution in [2.45, 2.75) is 25.8 Å². The molecule has 1 heterocycles. The van der Waals surface area contributed by atoms with Crippen LogP contribution in [0.1, 0.15) is 19.8 Å². The van der Waals surface area contributed by atoms with Crippen LogP contribution in [-0.2, 0) is 4.74 Å². The molecule has 1 rings (SSSR count). The van der Waals surface area contributed by atoms with E-state index in [4.69, 9.17) is 10.1 Å². The molecule has 3 heteroatoms. The first-order chi connectivity index (χ1) is 5.83. The molecular formula is C9H16N2O. The Balaban J connectivity index is 2.28. The second kappa shape index (κ2) is 4.93. The van der Waals surface area contributed by atoms with Gasteiger partial charge in [-0.2, -0.15) is 0 Å². The van der Waals surface area contributed by atoms with Gasteiger partial charge in [0.05, 0.1) is 0 Å². The van der Waals surface area contributed by atoms with Gasteiger partial charge in [0.15, 0.2) is 0 Å². The van der Waals surface area contributed by atoms with Crippen LogP contribution >= 0.6 is 0 Å². The standard InChI is InChI=1S/C9H16N2O/c1-8(2-5-10)11-9-3-6-12-7-4-9/h2,5,9-11H,3-4,6-7H2,1H3/b8-2-,10-5?. The monoisotopic (exact) mass is 168 g/mol. The fourth-order valence-electron chi connectivity index (χ4n) is 1.34. The van der Waals surface area contributed by atoms with Gasteiger partial charge in [0, 0.05) is 31.2 Å². The lowest BCUT2D eigenvalue weighted by Gasteiger charge is -2.24. The van der Waals surface area contributed by atoms with Crippen LogP contribution < -0.4 is 5.32 Å². The lowest BCUT2D eigenvalue weighted by atomic mass is 10.1. The maximum atomic E-state index is 6.88. The van der Waals surface area contributed by atoms with Gasteiger partial charge in [-0.15, -0.1) is 0 Å². The minimum atomic E-state index is 0.537. The van der Waals surface area contributed by atoms with Gasteiger partial charge in [0.1, 0.15) is 0 Å². The van der Waals surface area contributed by atoms with Crippen molar-refractivity contribution in [2.24, 2.45) is 0 Å². The van der Waals surface area contributed by atoms with E-state index in [1.165, 1.54) is 6.21 Å². The summed E-state index contributed by atoms with van der Waals surface area (Å²) >= 11 is 0. The Morgan fingerprint density at radius 3 is 2.75 bits per heavy atom. The Kier molecular flexibility index (Phi) is 3.80. The summed E-state index contributed by atoms with van der Waals surface area (Å²) in [5, 5.41) is 10.2. The smallest absolute Gasteiger partial charge is 0.0485 e. The third-order valence-corrected chi connectivity index (χ3v) is 1.99. The molecule has 0 spiro atoms. The molecule has 12 heavy (non-hydrogen) atoms. The van der Waals surface area contributed by atoms with E-state index < -0.39 is 0 Å². The normalized spacial score (nSPS) is 20.6. The largest absolute Gasteiger partial charge is 0.386 e. The molecule has 0 amide bonds. The first kappa shape index (κ1) is 9.26. The molecule has 0 aliphatic carbocycles. The van der Waals surface area contributed by atoms with Crippen molar-refractivity contribution < 1.29 is 4.74 Å². The highest BCUT2D eigenvalue weighted by atomic mass is 16.5. The molecule has 0 radical (unpaired) electrons. The molecule has 0 bridgehead atoms. The van der Waals surface area contributed by atoms with Gasteiger partial charge >= 0.3 is 0 Å². The molecule has 0 atom stereocenters. The SMILES string of the molecule is C/C(=C/C=N)NC1CCOCC1. The van der Waals surface area contributed by atoms with E-state index in [2.05, 4.69) is 5.32 Å². The minimum Gasteiger partial charge on any atom is -0.386 e. The van der Waals surface area contributed by atoms with E-state index in [1.54, 1.807) is 6.08 Å². The van der Waals surface area contributed by atoms with E-state index in [0.717, 1.165) is 31.8 Å². The summed E-state index contributed by atoms with van der Waals surface area (Å²) in [6, 6.07) is 0.537. The summed E-state index contributed by atoms with van der Waals surface area (Å²) < 4.78 is 5.24. The van der Waals surface area contributed by atoms with Crippen LogP contribution in [-0.4, -0.2) is 25.5 Å². The molecule has 3 nitrogen and oxygen atoms in total. The highest BCUT2D eigenvalue weighted by Crippen LogP contribution is 2.07. The van der Waals surface area contributed by atoms with Crippen molar-refractivity contribution in [1.82, 2.24) is 5.32 Å². The average molecular weight is 168 g/mol. The van der Waals surface area contributed by atoms with Gasteiger partial charge in [-0.3, -0.25) is 0 Å². The predicted octanol–water partition coefficient (Wildman–Crippen LogP) is 1.31. The van der Waals surface area contributed by atoms with E-state index in [1.807, 2.05) is 6.92 Å². The molecular weight excluding hydrogens is 152 g/mol. The molecule has 0 unspecified atom stereocenters. The van der Waals surface area contributed by atoms with E-state index in [0.29, 0.717) is 6.04 Å². The van der Waals surface area contributed by atoms with Gasteiger partial charge in [-0.25, -0.2) is 0 Å². The predicted molar refractivity (Wildman–Crippen MR) is 49.5 cm³/mol. The fraction of sp³-hybridized carbons (Fsp3) is 0.667. The van der Waals surface area contributed by atoms with Gasteiger partial charge in [0.2, 0.25) is 0 Å². The van der Waals surface area contributed by atoms with E-state index in [-0.39, 0.29) is 0 Å². The zero-order valence-corrected chi connectivity index (χ0v) is 7.47. The van der Waals surface area contributed by atoms with Gasteiger partial charge in [0.25, 0.3) is 0 Å². The molecule has 0 aromatic heterocycles. The summed E-state index contributed by atoms with van der Waals surface area (Å²) in [6.45, 7) is 3.70. The molecule has 1 fully saturated rings. The first-order valence-corrected chi connectivity index (χ1v) is 4.34. The third kappa shape index (κ3) is 3.05.